The van der Waals surface area contributed by atoms with Crippen molar-refractivity contribution in [2.24, 2.45) is 5.92 Å². The first-order valence-corrected chi connectivity index (χ1v) is 11.2. The van der Waals surface area contributed by atoms with E-state index in [1.807, 2.05) is 6.07 Å². The Morgan fingerprint density at radius 2 is 1.80 bits per heavy atom. The van der Waals surface area contributed by atoms with Gasteiger partial charge in [-0.25, -0.2) is 9.78 Å². The number of hydrogen-bond acceptors (Lipinski definition) is 7. The molecule has 2 aliphatic rings. The number of nitrogens with zero attached hydrogens (tertiary/aromatic N) is 1. The van der Waals surface area contributed by atoms with E-state index in [1.54, 1.807) is 31.2 Å². The van der Waals surface area contributed by atoms with Crippen LogP contribution in [0.3, 0.4) is 0 Å². The van der Waals surface area contributed by atoms with Gasteiger partial charge in [0.1, 0.15) is 33.5 Å². The summed E-state index contributed by atoms with van der Waals surface area (Å²) < 4.78 is 17.1. The Morgan fingerprint density at radius 1 is 1.11 bits per heavy atom. The van der Waals surface area contributed by atoms with Crippen LogP contribution >= 0.6 is 11.6 Å². The van der Waals surface area contributed by atoms with E-state index in [0.717, 1.165) is 0 Å². The van der Waals surface area contributed by atoms with Crippen molar-refractivity contribution in [2.75, 3.05) is 14.2 Å². The van der Waals surface area contributed by atoms with Gasteiger partial charge in [0, 0.05) is 18.4 Å². The maximum atomic E-state index is 14.1. The molecule has 2 heterocycles. The quantitative estimate of drug-likeness (QED) is 0.551. The number of Topliss-reactive ketones (excluding diaryl/α,β-unsaturated/α-hetero) is 2. The number of rotatable bonds is 4. The highest BCUT2D eigenvalue weighted by atomic mass is 35.5. The number of fused-ring (bicyclic) bond motifs is 3. The van der Waals surface area contributed by atoms with Gasteiger partial charge in [-0.05, 0) is 17.2 Å². The smallest absolute Gasteiger partial charge is 0.354 e. The second-order valence-corrected chi connectivity index (χ2v) is 8.82. The summed E-state index contributed by atoms with van der Waals surface area (Å²) in [6.45, 7) is 1.69. The zero-order chi connectivity index (χ0) is 25.1. The topological polar surface area (TPSA) is 112 Å². The fraction of sp³-hybridized carbons (Fsp3) is 0.231. The molecule has 9 heteroatoms. The Kier molecular flexibility index (Phi) is 5.29. The lowest BCUT2D eigenvalue weighted by atomic mass is 9.70. The lowest BCUT2D eigenvalue weighted by molar-refractivity contribution is 0.0190. The first-order chi connectivity index (χ1) is 16.7. The molecule has 3 aromatic rings. The number of aromatic nitrogens is 1. The van der Waals surface area contributed by atoms with Gasteiger partial charge in [-0.2, -0.15) is 0 Å². The van der Waals surface area contributed by atoms with Gasteiger partial charge in [0.25, 0.3) is 0 Å². The molecule has 2 atom stereocenters. The molecule has 0 saturated carbocycles. The van der Waals surface area contributed by atoms with Crippen LogP contribution in [0.4, 0.5) is 0 Å². The van der Waals surface area contributed by atoms with Crippen molar-refractivity contribution in [1.29, 1.82) is 0 Å². The van der Waals surface area contributed by atoms with Crippen LogP contribution in [0.15, 0.2) is 42.5 Å². The number of ether oxygens (including phenoxy) is 3. The Bertz CT molecular complexity index is 1420. The molecule has 0 saturated heterocycles. The highest BCUT2D eigenvalue weighted by molar-refractivity contribution is 6.35. The molecule has 178 valence electrons. The molecule has 0 bridgehead atoms. The summed E-state index contributed by atoms with van der Waals surface area (Å²) in [5.41, 5.74) is -0.898. The normalized spacial score (nSPS) is 20.3. The van der Waals surface area contributed by atoms with E-state index in [2.05, 4.69) is 4.98 Å². The number of halogens is 1. The van der Waals surface area contributed by atoms with Crippen molar-refractivity contribution in [3.63, 3.8) is 0 Å². The molecule has 5 rings (SSSR count). The second kappa shape index (κ2) is 8.09. The molecule has 0 amide bonds. The van der Waals surface area contributed by atoms with Gasteiger partial charge in [0.15, 0.2) is 11.5 Å². The van der Waals surface area contributed by atoms with Gasteiger partial charge in [0.05, 0.1) is 19.8 Å². The standard InChI is InChI=1S/C26H20ClNO7/c1-12-9-16(29)19-14(13-7-5-4-6-8-13)10-15(25(31)32)28-23(19)26(12)24(30)20-17(33-2)11-18(34-3)21(27)22(20)35-26/h4-8,10-12H,9H2,1-3H3,(H,31,32). The van der Waals surface area contributed by atoms with Crippen molar-refractivity contribution in [3.05, 3.63) is 70.0 Å². The Labute approximate surface area is 205 Å². The zero-order valence-corrected chi connectivity index (χ0v) is 19.8. The maximum Gasteiger partial charge on any atom is 0.354 e. The second-order valence-electron chi connectivity index (χ2n) is 8.44. The number of ketones is 2. The lowest BCUT2D eigenvalue weighted by Crippen LogP contribution is -2.49. The number of carbonyl (C=O) groups excluding carboxylic acids is 2. The van der Waals surface area contributed by atoms with Crippen LogP contribution in [0.5, 0.6) is 17.2 Å². The van der Waals surface area contributed by atoms with Gasteiger partial charge in [-0.3, -0.25) is 9.59 Å². The third-order valence-corrected chi connectivity index (χ3v) is 6.92. The van der Waals surface area contributed by atoms with Crippen molar-refractivity contribution >= 4 is 29.1 Å². The molecule has 2 unspecified atom stereocenters. The van der Waals surface area contributed by atoms with E-state index in [9.17, 15) is 19.5 Å². The van der Waals surface area contributed by atoms with Crippen LogP contribution in [-0.2, 0) is 5.60 Å². The minimum Gasteiger partial charge on any atom is -0.496 e. The number of aromatic carboxylic acids is 1. The number of carboxylic acid groups (broad SMARTS) is 1. The van der Waals surface area contributed by atoms with E-state index in [0.29, 0.717) is 11.1 Å². The molecule has 1 aliphatic carbocycles. The summed E-state index contributed by atoms with van der Waals surface area (Å²) in [5, 5.41) is 9.89. The van der Waals surface area contributed by atoms with Crippen LogP contribution in [0.2, 0.25) is 5.02 Å². The Hall–Kier alpha value is -3.91. The van der Waals surface area contributed by atoms with Crippen molar-refractivity contribution < 1.29 is 33.7 Å². The summed E-state index contributed by atoms with van der Waals surface area (Å²) >= 11 is 6.52. The van der Waals surface area contributed by atoms with Gasteiger partial charge >= 0.3 is 5.97 Å². The zero-order valence-electron chi connectivity index (χ0n) is 19.0. The monoisotopic (exact) mass is 493 g/mol. The lowest BCUT2D eigenvalue weighted by Gasteiger charge is -2.38. The summed E-state index contributed by atoms with van der Waals surface area (Å²) in [7, 11) is 2.82. The summed E-state index contributed by atoms with van der Waals surface area (Å²) in [6.07, 6.45) is -0.0161. The number of carboxylic acids is 1. The molecule has 1 aromatic heterocycles. The number of carbonyl (C=O) groups is 3. The maximum absolute atomic E-state index is 14.1. The number of methoxy groups -OCH3 is 2. The fourth-order valence-corrected chi connectivity index (χ4v) is 5.15. The van der Waals surface area contributed by atoms with Crippen LogP contribution in [0, 0.1) is 5.92 Å². The summed E-state index contributed by atoms with van der Waals surface area (Å²) in [4.78, 5) is 43.8. The van der Waals surface area contributed by atoms with E-state index < -0.39 is 23.3 Å². The highest BCUT2D eigenvalue weighted by Crippen LogP contribution is 2.57. The minimum atomic E-state index is -1.77. The van der Waals surface area contributed by atoms with E-state index in [-0.39, 0.29) is 57.0 Å². The van der Waals surface area contributed by atoms with Gasteiger partial charge in [-0.1, -0.05) is 48.9 Å². The van der Waals surface area contributed by atoms with E-state index >= 15 is 0 Å². The molecule has 0 radical (unpaired) electrons. The molecule has 1 spiro atoms. The molecule has 8 nitrogen and oxygen atoms in total. The first kappa shape index (κ1) is 22.9. The largest absolute Gasteiger partial charge is 0.496 e. The summed E-state index contributed by atoms with van der Waals surface area (Å²) in [5.74, 6) is -2.27. The SMILES string of the molecule is COc1cc(OC)c2c(c1Cl)OC1(C2=O)c2nc(C(=O)O)cc(-c3ccccc3)c2C(=O)CC1C. The van der Waals surface area contributed by atoms with Crippen molar-refractivity contribution in [1.82, 2.24) is 4.98 Å². The number of pyridine rings is 1. The Balaban J connectivity index is 1.85. The highest BCUT2D eigenvalue weighted by Gasteiger charge is 2.60. The molecule has 0 fully saturated rings. The van der Waals surface area contributed by atoms with Crippen LogP contribution in [-0.4, -0.2) is 41.8 Å². The Morgan fingerprint density at radius 3 is 2.43 bits per heavy atom. The minimum absolute atomic E-state index is 0.0161. The van der Waals surface area contributed by atoms with Crippen molar-refractivity contribution in [2.45, 2.75) is 18.9 Å². The van der Waals surface area contributed by atoms with Crippen LogP contribution < -0.4 is 14.2 Å². The molecule has 35 heavy (non-hydrogen) atoms. The average Bonchev–Trinajstić information content (AvgIpc) is 3.17. The fourth-order valence-electron chi connectivity index (χ4n) is 4.89. The predicted octanol–water partition coefficient (Wildman–Crippen LogP) is 4.81. The average molecular weight is 494 g/mol. The van der Waals surface area contributed by atoms with Crippen LogP contribution in [0.1, 0.15) is 50.2 Å². The van der Waals surface area contributed by atoms with E-state index in [1.165, 1.54) is 26.4 Å². The third kappa shape index (κ3) is 3.13. The molecule has 2 aromatic carbocycles. The molecule has 1 aliphatic heterocycles. The number of hydrogen-bond donors (Lipinski definition) is 1. The summed E-state index contributed by atoms with van der Waals surface area (Å²) in [6, 6.07) is 11.7. The van der Waals surface area contributed by atoms with E-state index in [4.69, 9.17) is 25.8 Å². The van der Waals surface area contributed by atoms with Gasteiger partial charge < -0.3 is 19.3 Å². The third-order valence-electron chi connectivity index (χ3n) is 6.56. The molecule has 1 N–H and O–H groups in total. The van der Waals surface area contributed by atoms with Gasteiger partial charge in [0.2, 0.25) is 11.4 Å². The van der Waals surface area contributed by atoms with Crippen molar-refractivity contribution in [3.8, 4) is 28.4 Å². The van der Waals surface area contributed by atoms with Gasteiger partial charge in [-0.15, -0.1) is 0 Å². The number of benzene rings is 2. The van der Waals surface area contributed by atoms with Crippen LogP contribution in [0.25, 0.3) is 11.1 Å². The molecular formula is C26H20ClNO7. The predicted molar refractivity (Wildman–Crippen MR) is 126 cm³/mol. The first-order valence-electron chi connectivity index (χ1n) is 10.8. The molecular weight excluding hydrogens is 474 g/mol.